The van der Waals surface area contributed by atoms with E-state index in [4.69, 9.17) is 4.74 Å². The van der Waals surface area contributed by atoms with Crippen LogP contribution in [0.5, 0.6) is 0 Å². The van der Waals surface area contributed by atoms with Gasteiger partial charge in [-0.3, -0.25) is 9.20 Å². The highest BCUT2D eigenvalue weighted by molar-refractivity contribution is 7.93. The highest BCUT2D eigenvalue weighted by Crippen LogP contribution is 2.33. The number of rotatable bonds is 3. The number of hydrogen-bond donors (Lipinski definition) is 0. The van der Waals surface area contributed by atoms with E-state index in [2.05, 4.69) is 19.2 Å². The van der Waals surface area contributed by atoms with Crippen molar-refractivity contribution in [2.75, 3.05) is 36.1 Å². The molecule has 146 valence electrons. The van der Waals surface area contributed by atoms with Gasteiger partial charge in [-0.15, -0.1) is 0 Å². The minimum absolute atomic E-state index is 0.234. The first-order valence-corrected chi connectivity index (χ1v) is 11.3. The maximum atomic E-state index is 12.9. The molecule has 4 rings (SSSR count). The molecule has 0 atom stereocenters. The van der Waals surface area contributed by atoms with Crippen LogP contribution in [0.4, 0.5) is 5.82 Å². The van der Waals surface area contributed by atoms with E-state index in [1.807, 2.05) is 29.8 Å². The van der Waals surface area contributed by atoms with Crippen LogP contribution >= 0.6 is 0 Å². The zero-order chi connectivity index (χ0) is 18.9. The van der Waals surface area contributed by atoms with E-state index >= 15 is 0 Å². The predicted molar refractivity (Wildman–Crippen MR) is 103 cm³/mol. The molecule has 2 aromatic rings. The van der Waals surface area contributed by atoms with Gasteiger partial charge in [0.05, 0.1) is 21.9 Å². The summed E-state index contributed by atoms with van der Waals surface area (Å²) in [5.74, 6) is 2.16. The van der Waals surface area contributed by atoms with E-state index in [0.717, 1.165) is 18.8 Å². The number of ether oxygens (including phenoxy) is 1. The van der Waals surface area contributed by atoms with Crippen LogP contribution < -0.4 is 4.90 Å². The Labute approximate surface area is 159 Å². The van der Waals surface area contributed by atoms with E-state index in [-0.39, 0.29) is 11.5 Å². The molecular weight excluding hydrogens is 366 g/mol. The maximum absolute atomic E-state index is 12.9. The minimum Gasteiger partial charge on any atom is -0.371 e. The molecule has 0 saturated carbocycles. The molecule has 0 N–H and O–H groups in total. The lowest BCUT2D eigenvalue weighted by atomic mass is 9.94. The Kier molecular flexibility index (Phi) is 4.90. The second-order valence-corrected chi connectivity index (χ2v) is 9.83. The van der Waals surface area contributed by atoms with Crippen LogP contribution in [0.15, 0.2) is 29.0 Å². The second kappa shape index (κ2) is 7.20. The summed E-state index contributed by atoms with van der Waals surface area (Å²) in [7, 11) is -2.44. The monoisotopic (exact) mass is 391 g/mol. The number of hydrogen-bond acceptors (Lipinski definition) is 6. The third-order valence-corrected chi connectivity index (χ3v) is 7.53. The molecule has 0 aliphatic carbocycles. The fourth-order valence-electron chi connectivity index (χ4n) is 3.77. The standard InChI is InChI=1S/C18H25N5O3S/c1-2-3-16(24)21-27(25)12-5-18(6-13-27)14-23(10-11-26-18)15-4-8-22-9-7-19-17(22)20-15/h4,7-9H,2-3,5-6,10-14H2,1H3. The van der Waals surface area contributed by atoms with Crippen LogP contribution in [0.2, 0.25) is 0 Å². The molecule has 0 unspecified atom stereocenters. The maximum Gasteiger partial charge on any atom is 0.253 e. The van der Waals surface area contributed by atoms with Gasteiger partial charge in [-0.1, -0.05) is 6.92 Å². The van der Waals surface area contributed by atoms with Crippen LogP contribution in [0.1, 0.15) is 32.6 Å². The highest BCUT2D eigenvalue weighted by Gasteiger charge is 2.41. The minimum atomic E-state index is -2.44. The van der Waals surface area contributed by atoms with Gasteiger partial charge in [0.1, 0.15) is 5.82 Å². The van der Waals surface area contributed by atoms with E-state index in [1.54, 1.807) is 6.20 Å². The summed E-state index contributed by atoms with van der Waals surface area (Å²) < 4.78 is 25.0. The second-order valence-electron chi connectivity index (χ2n) is 7.29. The Hall–Kier alpha value is -2.00. The molecule has 0 bridgehead atoms. The quantitative estimate of drug-likeness (QED) is 0.794. The van der Waals surface area contributed by atoms with Crippen molar-refractivity contribution in [2.45, 2.75) is 38.2 Å². The summed E-state index contributed by atoms with van der Waals surface area (Å²) in [6.07, 6.45) is 7.95. The third kappa shape index (κ3) is 3.84. The Balaban J connectivity index is 1.48. The third-order valence-electron chi connectivity index (χ3n) is 5.30. The first-order valence-electron chi connectivity index (χ1n) is 9.45. The smallest absolute Gasteiger partial charge is 0.253 e. The average Bonchev–Trinajstić information content (AvgIpc) is 3.13. The first-order chi connectivity index (χ1) is 13.0. The molecule has 2 aliphatic heterocycles. The lowest BCUT2D eigenvalue weighted by Crippen LogP contribution is -2.55. The number of amides is 1. The molecule has 0 radical (unpaired) electrons. The number of carbonyl (C=O) groups excluding carboxylic acids is 1. The predicted octanol–water partition coefficient (Wildman–Crippen LogP) is 1.89. The number of aromatic nitrogens is 3. The summed E-state index contributed by atoms with van der Waals surface area (Å²) in [5, 5.41) is 0. The van der Waals surface area contributed by atoms with Crippen LogP contribution in [0.3, 0.4) is 0 Å². The molecular formula is C18H25N5O3S. The number of imidazole rings is 1. The topological polar surface area (TPSA) is 89.2 Å². The van der Waals surface area contributed by atoms with E-state index < -0.39 is 9.73 Å². The molecule has 2 aromatic heterocycles. The summed E-state index contributed by atoms with van der Waals surface area (Å²) in [6, 6.07) is 1.98. The Morgan fingerprint density at radius 3 is 2.96 bits per heavy atom. The molecule has 9 heteroatoms. The van der Waals surface area contributed by atoms with Crippen LogP contribution in [-0.4, -0.2) is 61.3 Å². The van der Waals surface area contributed by atoms with Crippen LogP contribution in [0.25, 0.3) is 5.78 Å². The van der Waals surface area contributed by atoms with E-state index in [0.29, 0.717) is 49.7 Å². The van der Waals surface area contributed by atoms with Crippen molar-refractivity contribution in [3.63, 3.8) is 0 Å². The largest absolute Gasteiger partial charge is 0.371 e. The van der Waals surface area contributed by atoms with Crippen molar-refractivity contribution < 1.29 is 13.7 Å². The molecule has 1 spiro atoms. The van der Waals surface area contributed by atoms with Gasteiger partial charge in [-0.25, -0.2) is 9.19 Å². The average molecular weight is 391 g/mol. The van der Waals surface area contributed by atoms with Gasteiger partial charge in [0.2, 0.25) is 5.78 Å². The molecule has 2 saturated heterocycles. The molecule has 2 aliphatic rings. The number of carbonyl (C=O) groups is 1. The van der Waals surface area contributed by atoms with Gasteiger partial charge in [0.25, 0.3) is 5.91 Å². The molecule has 8 nitrogen and oxygen atoms in total. The van der Waals surface area contributed by atoms with Crippen LogP contribution in [0, 0.1) is 0 Å². The summed E-state index contributed by atoms with van der Waals surface area (Å²) in [6.45, 7) is 4.00. The van der Waals surface area contributed by atoms with Crippen molar-refractivity contribution in [3.05, 3.63) is 24.7 Å². The molecule has 0 aromatic carbocycles. The fraction of sp³-hybridized carbons (Fsp3) is 0.611. The van der Waals surface area contributed by atoms with Crippen molar-refractivity contribution in [1.29, 1.82) is 0 Å². The highest BCUT2D eigenvalue weighted by atomic mass is 32.2. The summed E-state index contributed by atoms with van der Waals surface area (Å²) >= 11 is 0. The molecule has 1 amide bonds. The number of nitrogens with zero attached hydrogens (tertiary/aromatic N) is 5. The van der Waals surface area contributed by atoms with Gasteiger partial charge in [-0.2, -0.15) is 9.35 Å². The Morgan fingerprint density at radius 1 is 1.37 bits per heavy atom. The van der Waals surface area contributed by atoms with Gasteiger partial charge in [-0.05, 0) is 25.3 Å². The number of anilines is 1. The fourth-order valence-corrected chi connectivity index (χ4v) is 6.00. The Morgan fingerprint density at radius 2 is 2.19 bits per heavy atom. The first kappa shape index (κ1) is 18.4. The molecule has 27 heavy (non-hydrogen) atoms. The number of fused-ring (bicyclic) bond motifs is 1. The van der Waals surface area contributed by atoms with Gasteiger partial charge >= 0.3 is 0 Å². The normalized spacial score (nSPS) is 28.6. The van der Waals surface area contributed by atoms with Gasteiger partial charge in [0, 0.05) is 49.6 Å². The lowest BCUT2D eigenvalue weighted by Gasteiger charge is -2.45. The molecule has 2 fully saturated rings. The summed E-state index contributed by atoms with van der Waals surface area (Å²) in [5.41, 5.74) is -0.342. The zero-order valence-electron chi connectivity index (χ0n) is 15.5. The lowest BCUT2D eigenvalue weighted by molar-refractivity contribution is -0.117. The van der Waals surface area contributed by atoms with Crippen molar-refractivity contribution in [2.24, 2.45) is 4.36 Å². The van der Waals surface area contributed by atoms with Gasteiger partial charge < -0.3 is 9.64 Å². The van der Waals surface area contributed by atoms with E-state index in [1.165, 1.54) is 0 Å². The van der Waals surface area contributed by atoms with Crippen molar-refractivity contribution >= 4 is 27.2 Å². The SMILES string of the molecule is CCCC(=O)N=S1(=O)CCC2(CC1)CN(c1ccn3ccnc3n1)CCO2. The number of morpholine rings is 1. The van der Waals surface area contributed by atoms with Crippen molar-refractivity contribution in [1.82, 2.24) is 14.4 Å². The summed E-state index contributed by atoms with van der Waals surface area (Å²) in [4.78, 5) is 22.9. The van der Waals surface area contributed by atoms with Crippen LogP contribution in [-0.2, 0) is 19.3 Å². The zero-order valence-corrected chi connectivity index (χ0v) is 16.4. The van der Waals surface area contributed by atoms with Gasteiger partial charge in [0.15, 0.2) is 0 Å². The van der Waals surface area contributed by atoms with Crippen molar-refractivity contribution in [3.8, 4) is 0 Å². The molecule has 4 heterocycles. The Bertz CT molecular complexity index is 949. The van der Waals surface area contributed by atoms with E-state index in [9.17, 15) is 9.00 Å².